The van der Waals surface area contributed by atoms with E-state index < -0.39 is 0 Å². The zero-order valence-corrected chi connectivity index (χ0v) is 15.0. The molecule has 0 saturated heterocycles. The lowest BCUT2D eigenvalue weighted by Gasteiger charge is -2.18. The molecule has 28 heavy (non-hydrogen) atoms. The van der Waals surface area contributed by atoms with Gasteiger partial charge >= 0.3 is 0 Å². The van der Waals surface area contributed by atoms with Gasteiger partial charge in [-0.15, -0.1) is 0 Å². The molecule has 5 rings (SSSR count). The quantitative estimate of drug-likeness (QED) is 0.589. The number of benzene rings is 2. The molecule has 1 fully saturated rings. The molecule has 2 heterocycles. The van der Waals surface area contributed by atoms with Crippen LogP contribution in [-0.4, -0.2) is 20.7 Å². The van der Waals surface area contributed by atoms with Crippen LogP contribution in [0, 0.1) is 5.82 Å². The fourth-order valence-electron chi connectivity index (χ4n) is 3.56. The third kappa shape index (κ3) is 2.74. The van der Waals surface area contributed by atoms with Crippen molar-refractivity contribution in [2.75, 3.05) is 0 Å². The highest BCUT2D eigenvalue weighted by Crippen LogP contribution is 2.45. The van der Waals surface area contributed by atoms with Crippen LogP contribution in [0.1, 0.15) is 28.8 Å². The molecular formula is C22H17FN4O. The van der Waals surface area contributed by atoms with Crippen LogP contribution in [0.15, 0.2) is 73.2 Å². The maximum atomic E-state index is 13.2. The van der Waals surface area contributed by atoms with Crippen LogP contribution >= 0.6 is 0 Å². The van der Waals surface area contributed by atoms with Gasteiger partial charge in [0.1, 0.15) is 5.82 Å². The van der Waals surface area contributed by atoms with Crippen molar-refractivity contribution in [2.45, 2.75) is 18.4 Å². The second kappa shape index (κ2) is 6.27. The van der Waals surface area contributed by atoms with E-state index >= 15 is 0 Å². The largest absolute Gasteiger partial charge is 0.342 e. The van der Waals surface area contributed by atoms with Crippen molar-refractivity contribution in [3.05, 3.63) is 90.1 Å². The van der Waals surface area contributed by atoms with Gasteiger partial charge in [-0.1, -0.05) is 30.3 Å². The summed E-state index contributed by atoms with van der Waals surface area (Å²) in [4.78, 5) is 17.3. The molecule has 138 valence electrons. The summed E-state index contributed by atoms with van der Waals surface area (Å²) in [6.45, 7) is 0. The highest BCUT2D eigenvalue weighted by atomic mass is 19.1. The number of hydrogen-bond donors (Lipinski definition) is 1. The Hall–Kier alpha value is -3.54. The summed E-state index contributed by atoms with van der Waals surface area (Å²) in [6.07, 6.45) is 6.71. The fourth-order valence-corrected chi connectivity index (χ4v) is 3.56. The number of pyridine rings is 1. The number of carbonyl (C=O) groups is 1. The number of fused-ring (bicyclic) bond motifs is 1. The second-order valence-corrected chi connectivity index (χ2v) is 7.05. The number of amides is 1. The molecule has 1 aliphatic carbocycles. The average Bonchev–Trinajstić information content (AvgIpc) is 3.38. The van der Waals surface area contributed by atoms with Crippen LogP contribution in [0.5, 0.6) is 0 Å². The molecule has 6 heteroatoms. The lowest BCUT2D eigenvalue weighted by atomic mass is 10.0. The van der Waals surface area contributed by atoms with E-state index in [0.29, 0.717) is 22.2 Å². The van der Waals surface area contributed by atoms with E-state index in [0.717, 1.165) is 18.4 Å². The summed E-state index contributed by atoms with van der Waals surface area (Å²) in [5.74, 6) is -0.479. The molecule has 5 nitrogen and oxygen atoms in total. The van der Waals surface area contributed by atoms with Crippen LogP contribution in [0.2, 0.25) is 0 Å². The number of aromatic nitrogens is 3. The Morgan fingerprint density at radius 1 is 1.00 bits per heavy atom. The molecule has 4 aromatic rings. The first-order chi connectivity index (χ1) is 13.7. The summed E-state index contributed by atoms with van der Waals surface area (Å²) in [6, 6.07) is 16.1. The van der Waals surface area contributed by atoms with E-state index in [9.17, 15) is 9.18 Å². The maximum Gasteiger partial charge on any atom is 0.254 e. The minimum Gasteiger partial charge on any atom is -0.342 e. The summed E-state index contributed by atoms with van der Waals surface area (Å²) in [5.41, 5.74) is 2.70. The number of halogens is 1. The van der Waals surface area contributed by atoms with Gasteiger partial charge in [0.2, 0.25) is 0 Å². The number of nitrogens with one attached hydrogen (secondary N) is 1. The van der Waals surface area contributed by atoms with E-state index in [1.807, 2.05) is 30.3 Å². The minimum atomic E-state index is -0.311. The van der Waals surface area contributed by atoms with Crippen LogP contribution in [0.25, 0.3) is 16.6 Å². The molecule has 0 unspecified atom stereocenters. The molecule has 0 spiro atoms. The highest BCUT2D eigenvalue weighted by Gasteiger charge is 2.45. The Balaban J connectivity index is 1.50. The molecule has 2 aromatic carbocycles. The van der Waals surface area contributed by atoms with Crippen LogP contribution in [-0.2, 0) is 5.54 Å². The fraction of sp³-hybridized carbons (Fsp3) is 0.136. The van der Waals surface area contributed by atoms with Gasteiger partial charge in [-0.05, 0) is 42.7 Å². The average molecular weight is 372 g/mol. The third-order valence-electron chi connectivity index (χ3n) is 5.24. The van der Waals surface area contributed by atoms with Crippen LogP contribution < -0.4 is 5.32 Å². The lowest BCUT2D eigenvalue weighted by molar-refractivity contribution is 0.0932. The minimum absolute atomic E-state index is 0.168. The Labute approximate surface area is 160 Å². The van der Waals surface area contributed by atoms with Gasteiger partial charge < -0.3 is 5.32 Å². The maximum absolute atomic E-state index is 13.2. The van der Waals surface area contributed by atoms with E-state index in [4.69, 9.17) is 0 Å². The van der Waals surface area contributed by atoms with E-state index in [2.05, 4.69) is 15.4 Å². The Morgan fingerprint density at radius 3 is 2.46 bits per heavy atom. The van der Waals surface area contributed by atoms with Crippen molar-refractivity contribution in [3.63, 3.8) is 0 Å². The topological polar surface area (TPSA) is 59.8 Å². The predicted octanol–water partition coefficient (Wildman–Crippen LogP) is 3.98. The predicted molar refractivity (Wildman–Crippen MR) is 104 cm³/mol. The van der Waals surface area contributed by atoms with Crippen molar-refractivity contribution >= 4 is 16.8 Å². The molecular weight excluding hydrogens is 355 g/mol. The van der Waals surface area contributed by atoms with Gasteiger partial charge in [0.25, 0.3) is 5.91 Å². The van der Waals surface area contributed by atoms with Crippen molar-refractivity contribution in [3.8, 4) is 5.69 Å². The second-order valence-electron chi connectivity index (χ2n) is 7.05. The molecule has 1 aliphatic rings. The first-order valence-electron chi connectivity index (χ1n) is 9.12. The molecule has 0 bridgehead atoms. The summed E-state index contributed by atoms with van der Waals surface area (Å²) < 4.78 is 14.9. The third-order valence-corrected chi connectivity index (χ3v) is 5.24. The SMILES string of the molecule is O=C(NC1(c2ccccc2)CC1)c1cncc2c1cnn2-c1ccc(F)cc1. The van der Waals surface area contributed by atoms with Gasteiger partial charge in [-0.25, -0.2) is 9.07 Å². The van der Waals surface area contributed by atoms with E-state index in [1.54, 1.807) is 35.4 Å². The number of hydrogen-bond acceptors (Lipinski definition) is 3. The first kappa shape index (κ1) is 16.6. The van der Waals surface area contributed by atoms with Crippen LogP contribution in [0.4, 0.5) is 4.39 Å². The molecule has 1 saturated carbocycles. The summed E-state index contributed by atoms with van der Waals surface area (Å²) in [7, 11) is 0. The zero-order valence-electron chi connectivity index (χ0n) is 15.0. The summed E-state index contributed by atoms with van der Waals surface area (Å²) >= 11 is 0. The summed E-state index contributed by atoms with van der Waals surface area (Å²) in [5, 5.41) is 8.27. The van der Waals surface area contributed by atoms with Gasteiger partial charge in [-0.2, -0.15) is 5.10 Å². The van der Waals surface area contributed by atoms with Gasteiger partial charge in [0, 0.05) is 11.6 Å². The monoisotopic (exact) mass is 372 g/mol. The number of rotatable bonds is 4. The van der Waals surface area contributed by atoms with Crippen molar-refractivity contribution < 1.29 is 9.18 Å². The van der Waals surface area contributed by atoms with Gasteiger partial charge in [0.15, 0.2) is 0 Å². The zero-order chi connectivity index (χ0) is 19.1. The molecule has 0 aliphatic heterocycles. The number of nitrogens with zero attached hydrogens (tertiary/aromatic N) is 3. The molecule has 1 amide bonds. The highest BCUT2D eigenvalue weighted by molar-refractivity contribution is 6.06. The first-order valence-corrected chi connectivity index (χ1v) is 9.12. The van der Waals surface area contributed by atoms with E-state index in [1.165, 1.54) is 12.1 Å². The number of carbonyl (C=O) groups excluding carboxylic acids is 1. The van der Waals surface area contributed by atoms with Gasteiger partial charge in [-0.3, -0.25) is 9.78 Å². The molecule has 2 aromatic heterocycles. The van der Waals surface area contributed by atoms with Crippen molar-refractivity contribution in [2.24, 2.45) is 0 Å². The normalized spacial score (nSPS) is 14.8. The van der Waals surface area contributed by atoms with Crippen LogP contribution in [0.3, 0.4) is 0 Å². The Morgan fingerprint density at radius 2 is 1.75 bits per heavy atom. The van der Waals surface area contributed by atoms with Crippen molar-refractivity contribution in [1.29, 1.82) is 0 Å². The van der Waals surface area contributed by atoms with E-state index in [-0.39, 0.29) is 17.3 Å². The molecule has 0 atom stereocenters. The van der Waals surface area contributed by atoms with Gasteiger partial charge in [0.05, 0.1) is 34.7 Å². The molecule has 0 radical (unpaired) electrons. The smallest absolute Gasteiger partial charge is 0.254 e. The molecule has 1 N–H and O–H groups in total. The lowest BCUT2D eigenvalue weighted by Crippen LogP contribution is -2.35. The standard InChI is InChI=1S/C22H17FN4O/c23-16-6-8-17(9-7-16)27-20-14-24-12-19(18(20)13-25-27)21(28)26-22(10-11-22)15-4-2-1-3-5-15/h1-9,12-14H,10-11H2,(H,26,28). The Bertz CT molecular complexity index is 1160. The van der Waals surface area contributed by atoms with Crippen molar-refractivity contribution in [1.82, 2.24) is 20.1 Å². The Kier molecular flexibility index (Phi) is 3.72.